The van der Waals surface area contributed by atoms with Gasteiger partial charge in [-0.05, 0) is 48.6 Å². The third-order valence-electron chi connectivity index (χ3n) is 4.34. The van der Waals surface area contributed by atoms with E-state index in [0.29, 0.717) is 18.4 Å². The van der Waals surface area contributed by atoms with Gasteiger partial charge in [0, 0.05) is 35.9 Å². The zero-order valence-corrected chi connectivity index (χ0v) is 15.2. The van der Waals surface area contributed by atoms with Crippen molar-refractivity contribution in [3.05, 3.63) is 58.9 Å². The number of rotatable bonds is 7. The molecule has 0 unspecified atom stereocenters. The topological polar surface area (TPSA) is 25.2 Å². The van der Waals surface area contributed by atoms with Gasteiger partial charge in [-0.15, -0.1) is 0 Å². The number of halogens is 1. The number of carbonyl (C=O) groups is 1. The van der Waals surface area contributed by atoms with Crippen LogP contribution in [0.4, 0.5) is 0 Å². The number of benzene rings is 1. The van der Waals surface area contributed by atoms with Crippen LogP contribution in [0.3, 0.4) is 0 Å². The third-order valence-corrected chi connectivity index (χ3v) is 4.58. The second-order valence-corrected chi connectivity index (χ2v) is 7.58. The molecule has 2 aromatic rings. The highest BCUT2D eigenvalue weighted by atomic mass is 35.5. The van der Waals surface area contributed by atoms with Crippen molar-refractivity contribution in [2.45, 2.75) is 39.8 Å². The van der Waals surface area contributed by atoms with Crippen LogP contribution in [0.25, 0.3) is 0 Å². The summed E-state index contributed by atoms with van der Waals surface area (Å²) in [4.78, 5) is 14.6. The lowest BCUT2D eigenvalue weighted by Gasteiger charge is -2.25. The van der Waals surface area contributed by atoms with Gasteiger partial charge in [0.1, 0.15) is 0 Å². The fourth-order valence-electron chi connectivity index (χ4n) is 3.04. The second-order valence-electron chi connectivity index (χ2n) is 7.14. The van der Waals surface area contributed by atoms with Gasteiger partial charge in [0.2, 0.25) is 5.91 Å². The van der Waals surface area contributed by atoms with Gasteiger partial charge in [-0.2, -0.15) is 0 Å². The number of hydrogen-bond acceptors (Lipinski definition) is 1. The van der Waals surface area contributed by atoms with Crippen molar-refractivity contribution in [2.24, 2.45) is 11.8 Å². The van der Waals surface area contributed by atoms with Crippen LogP contribution >= 0.6 is 11.6 Å². The Bertz CT molecular complexity index is 703. The van der Waals surface area contributed by atoms with E-state index in [1.54, 1.807) is 0 Å². The largest absolute Gasteiger partial charge is 0.345 e. The molecule has 1 aliphatic carbocycles. The fourth-order valence-corrected chi connectivity index (χ4v) is 3.25. The van der Waals surface area contributed by atoms with Gasteiger partial charge in [0.05, 0.1) is 6.54 Å². The number of aromatic nitrogens is 1. The predicted molar refractivity (Wildman–Crippen MR) is 98.0 cm³/mol. The van der Waals surface area contributed by atoms with Gasteiger partial charge in [-0.3, -0.25) is 4.79 Å². The number of carbonyl (C=O) groups excluding carboxylic acids is 1. The lowest BCUT2D eigenvalue weighted by molar-refractivity contribution is -0.133. The Hall–Kier alpha value is -1.74. The van der Waals surface area contributed by atoms with E-state index in [1.807, 2.05) is 23.1 Å². The quantitative estimate of drug-likeness (QED) is 0.721. The molecular formula is C20H25ClN2O. The normalized spacial score (nSPS) is 14.2. The summed E-state index contributed by atoms with van der Waals surface area (Å²) in [5.74, 6) is 1.06. The molecule has 1 aliphatic rings. The Morgan fingerprint density at radius 3 is 2.75 bits per heavy atom. The summed E-state index contributed by atoms with van der Waals surface area (Å²) in [6.07, 6.45) is 4.18. The molecule has 1 amide bonds. The van der Waals surface area contributed by atoms with E-state index in [2.05, 4.69) is 42.8 Å². The Morgan fingerprint density at radius 2 is 2.08 bits per heavy atom. The maximum atomic E-state index is 12.6. The van der Waals surface area contributed by atoms with E-state index in [1.165, 1.54) is 11.3 Å². The Labute approximate surface area is 149 Å². The van der Waals surface area contributed by atoms with Crippen molar-refractivity contribution < 1.29 is 4.79 Å². The molecule has 0 saturated heterocycles. The molecule has 1 fully saturated rings. The molecule has 1 heterocycles. The minimum absolute atomic E-state index is 0.264. The predicted octanol–water partition coefficient (Wildman–Crippen LogP) is 4.58. The first-order valence-corrected chi connectivity index (χ1v) is 9.08. The number of hydrogen-bond donors (Lipinski definition) is 0. The Balaban J connectivity index is 1.74. The van der Waals surface area contributed by atoms with Crippen molar-refractivity contribution in [3.63, 3.8) is 0 Å². The molecule has 3 nitrogen and oxygen atoms in total. The van der Waals surface area contributed by atoms with Crippen LogP contribution in [0.2, 0.25) is 5.02 Å². The maximum absolute atomic E-state index is 12.6. The lowest BCUT2D eigenvalue weighted by atomic mass is 10.2. The van der Waals surface area contributed by atoms with E-state index in [4.69, 9.17) is 11.6 Å². The SMILES string of the molecule is CC(C)CN(Cc1cccn1Cc1cccc(Cl)c1)C(=O)C1CC1. The molecule has 1 saturated carbocycles. The van der Waals surface area contributed by atoms with Crippen LogP contribution in [0.5, 0.6) is 0 Å². The summed E-state index contributed by atoms with van der Waals surface area (Å²) < 4.78 is 2.21. The van der Waals surface area contributed by atoms with Crippen LogP contribution in [0.1, 0.15) is 37.9 Å². The highest BCUT2D eigenvalue weighted by Crippen LogP contribution is 2.31. The van der Waals surface area contributed by atoms with Crippen molar-refractivity contribution in [1.82, 2.24) is 9.47 Å². The smallest absolute Gasteiger partial charge is 0.226 e. The molecular weight excluding hydrogens is 320 g/mol. The molecule has 0 atom stereocenters. The van der Waals surface area contributed by atoms with E-state index in [-0.39, 0.29) is 5.92 Å². The Morgan fingerprint density at radius 1 is 1.29 bits per heavy atom. The number of amides is 1. The van der Waals surface area contributed by atoms with Crippen molar-refractivity contribution in [3.8, 4) is 0 Å². The molecule has 1 aromatic heterocycles. The maximum Gasteiger partial charge on any atom is 0.226 e. The van der Waals surface area contributed by atoms with Gasteiger partial charge in [0.15, 0.2) is 0 Å². The van der Waals surface area contributed by atoms with E-state index >= 15 is 0 Å². The van der Waals surface area contributed by atoms with Crippen LogP contribution in [0, 0.1) is 11.8 Å². The average molecular weight is 345 g/mol. The van der Waals surface area contributed by atoms with Crippen LogP contribution in [0.15, 0.2) is 42.6 Å². The summed E-state index contributed by atoms with van der Waals surface area (Å²) in [5, 5.41) is 0.756. The molecule has 0 radical (unpaired) electrons. The molecule has 1 aromatic carbocycles. The van der Waals surface area contributed by atoms with Crippen molar-refractivity contribution in [2.75, 3.05) is 6.54 Å². The van der Waals surface area contributed by atoms with E-state index in [9.17, 15) is 4.79 Å². The zero-order valence-electron chi connectivity index (χ0n) is 14.4. The summed E-state index contributed by atoms with van der Waals surface area (Å²) in [5.41, 5.74) is 2.34. The molecule has 3 rings (SSSR count). The average Bonchev–Trinajstić information content (AvgIpc) is 3.29. The third kappa shape index (κ3) is 4.41. The molecule has 4 heteroatoms. The van der Waals surface area contributed by atoms with Crippen molar-refractivity contribution in [1.29, 1.82) is 0 Å². The molecule has 0 aliphatic heterocycles. The summed E-state index contributed by atoms with van der Waals surface area (Å²) in [6, 6.07) is 12.1. The van der Waals surface area contributed by atoms with Gasteiger partial charge >= 0.3 is 0 Å². The molecule has 0 N–H and O–H groups in total. The minimum atomic E-state index is 0.264. The molecule has 24 heavy (non-hydrogen) atoms. The van der Waals surface area contributed by atoms with Crippen LogP contribution < -0.4 is 0 Å². The van der Waals surface area contributed by atoms with Gasteiger partial charge in [-0.25, -0.2) is 0 Å². The van der Waals surface area contributed by atoms with Gasteiger partial charge < -0.3 is 9.47 Å². The standard InChI is InChI=1S/C20H25ClN2O/c1-15(2)12-23(20(24)17-8-9-17)14-19-7-4-10-22(19)13-16-5-3-6-18(21)11-16/h3-7,10-11,15,17H,8-9,12-14H2,1-2H3. The van der Waals surface area contributed by atoms with Gasteiger partial charge in [-0.1, -0.05) is 37.6 Å². The summed E-state index contributed by atoms with van der Waals surface area (Å²) >= 11 is 6.09. The first-order chi connectivity index (χ1) is 11.5. The summed E-state index contributed by atoms with van der Waals surface area (Å²) in [7, 11) is 0. The number of nitrogens with zero attached hydrogens (tertiary/aromatic N) is 2. The van der Waals surface area contributed by atoms with Crippen LogP contribution in [-0.4, -0.2) is 21.9 Å². The molecule has 0 spiro atoms. The monoisotopic (exact) mass is 344 g/mol. The lowest BCUT2D eigenvalue weighted by Crippen LogP contribution is -2.35. The first-order valence-electron chi connectivity index (χ1n) is 8.70. The van der Waals surface area contributed by atoms with Crippen LogP contribution in [-0.2, 0) is 17.9 Å². The highest BCUT2D eigenvalue weighted by molar-refractivity contribution is 6.30. The Kier molecular flexibility index (Phi) is 5.30. The molecule has 128 valence electrons. The molecule has 0 bridgehead atoms. The van der Waals surface area contributed by atoms with E-state index < -0.39 is 0 Å². The zero-order chi connectivity index (χ0) is 17.1. The fraction of sp³-hybridized carbons (Fsp3) is 0.450. The van der Waals surface area contributed by atoms with Gasteiger partial charge in [0.25, 0.3) is 0 Å². The van der Waals surface area contributed by atoms with Crippen molar-refractivity contribution >= 4 is 17.5 Å². The van der Waals surface area contributed by atoms with E-state index in [0.717, 1.165) is 31.0 Å². The first kappa shape index (κ1) is 17.1. The minimum Gasteiger partial charge on any atom is -0.345 e. The highest BCUT2D eigenvalue weighted by Gasteiger charge is 2.33. The second kappa shape index (κ2) is 7.43. The summed E-state index contributed by atoms with van der Waals surface area (Å²) in [6.45, 7) is 6.60.